The highest BCUT2D eigenvalue weighted by Gasteiger charge is 2.39. The van der Waals surface area contributed by atoms with Gasteiger partial charge in [-0.05, 0) is 32.4 Å². The second kappa shape index (κ2) is 5.42. The summed E-state index contributed by atoms with van der Waals surface area (Å²) in [7, 11) is 1.39. The topological polar surface area (TPSA) is 15.6 Å². The molecule has 0 bridgehead atoms. The molecule has 0 aliphatic carbocycles. The van der Waals surface area contributed by atoms with Crippen molar-refractivity contribution in [2.24, 2.45) is 4.99 Å². The molecular weight excluding hydrogens is 241 g/mol. The number of hydrogen-bond donors (Lipinski definition) is 0. The molecule has 0 aromatic heterocycles. The summed E-state index contributed by atoms with van der Waals surface area (Å²) in [6.45, 7) is 5.02. The molecule has 0 aliphatic heterocycles. The lowest BCUT2D eigenvalue weighted by Crippen LogP contribution is -2.40. The van der Waals surface area contributed by atoms with Crippen LogP contribution >= 0.6 is 0 Å². The van der Waals surface area contributed by atoms with E-state index >= 15 is 0 Å². The Kier molecular flexibility index (Phi) is 4.38. The SMILES string of the molecule is Cc1ccccc1N(C)C(=NC(C)C)C(F)(F)F. The normalized spacial score (nSPS) is 13.0. The fraction of sp³-hybridized carbons (Fsp3) is 0.462. The predicted octanol–water partition coefficient (Wildman–Crippen LogP) is 3.80. The maximum absolute atomic E-state index is 13.0. The lowest BCUT2D eigenvalue weighted by atomic mass is 10.2. The quantitative estimate of drug-likeness (QED) is 0.582. The smallest absolute Gasteiger partial charge is 0.325 e. The van der Waals surface area contributed by atoms with E-state index in [2.05, 4.69) is 4.99 Å². The van der Waals surface area contributed by atoms with Crippen molar-refractivity contribution in [3.05, 3.63) is 29.8 Å². The largest absolute Gasteiger partial charge is 0.449 e. The van der Waals surface area contributed by atoms with Gasteiger partial charge in [-0.2, -0.15) is 13.2 Å². The summed E-state index contributed by atoms with van der Waals surface area (Å²) in [5, 5.41) is 0. The molecule has 0 fully saturated rings. The molecule has 0 radical (unpaired) electrons. The van der Waals surface area contributed by atoms with E-state index in [1.54, 1.807) is 45.0 Å². The molecule has 0 spiro atoms. The van der Waals surface area contributed by atoms with Crippen LogP contribution in [-0.4, -0.2) is 25.1 Å². The highest BCUT2D eigenvalue weighted by Crippen LogP contribution is 2.26. The van der Waals surface area contributed by atoms with Crippen LogP contribution < -0.4 is 4.90 Å². The number of amidine groups is 1. The molecule has 0 amide bonds. The average molecular weight is 258 g/mol. The second-order valence-electron chi connectivity index (χ2n) is 4.39. The minimum Gasteiger partial charge on any atom is -0.325 e. The third-order valence-corrected chi connectivity index (χ3v) is 2.43. The fourth-order valence-electron chi connectivity index (χ4n) is 1.65. The zero-order chi connectivity index (χ0) is 13.9. The van der Waals surface area contributed by atoms with Gasteiger partial charge in [0.15, 0.2) is 0 Å². The molecule has 1 rings (SSSR count). The first-order valence-electron chi connectivity index (χ1n) is 5.68. The summed E-state index contributed by atoms with van der Waals surface area (Å²) in [6.07, 6.45) is -4.46. The van der Waals surface area contributed by atoms with Crippen LogP contribution in [0.5, 0.6) is 0 Å². The Hall–Kier alpha value is -1.52. The highest BCUT2D eigenvalue weighted by molar-refractivity contribution is 6.01. The molecule has 0 atom stereocenters. The Balaban J connectivity index is 3.20. The van der Waals surface area contributed by atoms with E-state index in [1.165, 1.54) is 7.05 Å². The first-order valence-corrected chi connectivity index (χ1v) is 5.68. The van der Waals surface area contributed by atoms with Crippen LogP contribution in [0.3, 0.4) is 0 Å². The van der Waals surface area contributed by atoms with Crippen molar-refractivity contribution in [1.29, 1.82) is 0 Å². The van der Waals surface area contributed by atoms with Gasteiger partial charge in [-0.25, -0.2) is 0 Å². The van der Waals surface area contributed by atoms with Crippen LogP contribution in [0.1, 0.15) is 19.4 Å². The number of aryl methyl sites for hydroxylation is 1. The van der Waals surface area contributed by atoms with Crippen molar-refractivity contribution < 1.29 is 13.2 Å². The summed E-state index contributed by atoms with van der Waals surface area (Å²) >= 11 is 0. The van der Waals surface area contributed by atoms with Crippen LogP contribution in [0, 0.1) is 6.92 Å². The maximum Gasteiger partial charge on any atom is 0.449 e. The van der Waals surface area contributed by atoms with Gasteiger partial charge in [-0.15, -0.1) is 0 Å². The van der Waals surface area contributed by atoms with E-state index in [0.29, 0.717) is 5.69 Å². The lowest BCUT2D eigenvalue weighted by Gasteiger charge is -2.25. The van der Waals surface area contributed by atoms with Gasteiger partial charge in [0, 0.05) is 18.8 Å². The molecule has 18 heavy (non-hydrogen) atoms. The van der Waals surface area contributed by atoms with Crippen molar-refractivity contribution in [2.75, 3.05) is 11.9 Å². The second-order valence-corrected chi connectivity index (χ2v) is 4.39. The monoisotopic (exact) mass is 258 g/mol. The minimum absolute atomic E-state index is 0.409. The van der Waals surface area contributed by atoms with Crippen LogP contribution in [-0.2, 0) is 0 Å². The molecular formula is C13H17F3N2. The standard InChI is InChI=1S/C13H17F3N2/c1-9(2)17-12(13(14,15)16)18(4)11-8-6-5-7-10(11)3/h5-9H,1-4H3. The van der Waals surface area contributed by atoms with Crippen LogP contribution in [0.4, 0.5) is 18.9 Å². The predicted molar refractivity (Wildman–Crippen MR) is 68.2 cm³/mol. The number of benzene rings is 1. The number of rotatable bonds is 2. The number of hydrogen-bond acceptors (Lipinski definition) is 1. The average Bonchev–Trinajstić information content (AvgIpc) is 2.24. The Bertz CT molecular complexity index is 436. The number of aliphatic imine (C=N–C) groups is 1. The molecule has 0 N–H and O–H groups in total. The van der Waals surface area contributed by atoms with Crippen LogP contribution in [0.25, 0.3) is 0 Å². The van der Waals surface area contributed by atoms with Crippen LogP contribution in [0.15, 0.2) is 29.3 Å². The molecule has 0 unspecified atom stereocenters. The zero-order valence-electron chi connectivity index (χ0n) is 10.9. The minimum atomic E-state index is -4.46. The summed E-state index contributed by atoms with van der Waals surface area (Å²) < 4.78 is 38.9. The first kappa shape index (κ1) is 14.5. The van der Waals surface area contributed by atoms with Gasteiger partial charge in [0.2, 0.25) is 5.84 Å². The molecule has 0 aliphatic rings. The summed E-state index contributed by atoms with van der Waals surface area (Å²) in [5.74, 6) is -0.869. The van der Waals surface area contributed by atoms with E-state index in [-0.39, 0.29) is 0 Å². The van der Waals surface area contributed by atoms with Gasteiger partial charge < -0.3 is 4.90 Å². The number of halogens is 3. The Morgan fingerprint density at radius 2 is 1.78 bits per heavy atom. The third kappa shape index (κ3) is 3.48. The van der Waals surface area contributed by atoms with Gasteiger partial charge >= 0.3 is 6.18 Å². The molecule has 1 aromatic carbocycles. The third-order valence-electron chi connectivity index (χ3n) is 2.43. The summed E-state index contributed by atoms with van der Waals surface area (Å²) in [6, 6.07) is 6.52. The molecule has 5 heteroatoms. The van der Waals surface area contributed by atoms with Crippen molar-refractivity contribution in [2.45, 2.75) is 33.0 Å². The van der Waals surface area contributed by atoms with Gasteiger partial charge in [0.1, 0.15) is 0 Å². The number of para-hydroxylation sites is 1. The van der Waals surface area contributed by atoms with Crippen molar-refractivity contribution in [3.63, 3.8) is 0 Å². The van der Waals surface area contributed by atoms with E-state index in [0.717, 1.165) is 10.5 Å². The van der Waals surface area contributed by atoms with E-state index < -0.39 is 18.1 Å². The van der Waals surface area contributed by atoms with Gasteiger partial charge in [0.05, 0.1) is 0 Å². The Morgan fingerprint density at radius 1 is 1.22 bits per heavy atom. The molecule has 1 aromatic rings. The molecule has 0 heterocycles. The van der Waals surface area contributed by atoms with Gasteiger partial charge in [-0.1, -0.05) is 18.2 Å². The molecule has 100 valence electrons. The van der Waals surface area contributed by atoms with Crippen molar-refractivity contribution >= 4 is 11.5 Å². The van der Waals surface area contributed by atoms with E-state index in [9.17, 15) is 13.2 Å². The maximum atomic E-state index is 13.0. The Morgan fingerprint density at radius 3 is 2.22 bits per heavy atom. The number of anilines is 1. The highest BCUT2D eigenvalue weighted by atomic mass is 19.4. The number of nitrogens with zero attached hydrogens (tertiary/aromatic N) is 2. The van der Waals surface area contributed by atoms with Crippen molar-refractivity contribution in [3.8, 4) is 0 Å². The first-order chi connectivity index (χ1) is 8.23. The summed E-state index contributed by atoms with van der Waals surface area (Å²) in [5.41, 5.74) is 1.29. The Labute approximate surface area is 105 Å². The lowest BCUT2D eigenvalue weighted by molar-refractivity contribution is -0.0603. The molecule has 0 saturated carbocycles. The zero-order valence-corrected chi connectivity index (χ0v) is 10.9. The van der Waals surface area contributed by atoms with E-state index in [1.807, 2.05) is 0 Å². The number of alkyl halides is 3. The molecule has 0 saturated heterocycles. The fourth-order valence-corrected chi connectivity index (χ4v) is 1.65. The van der Waals surface area contributed by atoms with Gasteiger partial charge in [0.25, 0.3) is 0 Å². The van der Waals surface area contributed by atoms with Gasteiger partial charge in [-0.3, -0.25) is 4.99 Å². The van der Waals surface area contributed by atoms with Crippen LogP contribution in [0.2, 0.25) is 0 Å². The summed E-state index contributed by atoms with van der Waals surface area (Å²) in [4.78, 5) is 4.78. The van der Waals surface area contributed by atoms with E-state index in [4.69, 9.17) is 0 Å². The van der Waals surface area contributed by atoms with Crippen molar-refractivity contribution in [1.82, 2.24) is 0 Å². The molecule has 2 nitrogen and oxygen atoms in total.